The Morgan fingerprint density at radius 3 is 2.71 bits per heavy atom. The van der Waals surface area contributed by atoms with Gasteiger partial charge in [-0.2, -0.15) is 0 Å². The lowest BCUT2D eigenvalue weighted by atomic mass is 9.97. The maximum atomic E-state index is 13.3. The van der Waals surface area contributed by atoms with Crippen molar-refractivity contribution in [3.8, 4) is 0 Å². The van der Waals surface area contributed by atoms with E-state index < -0.39 is 30.4 Å². The van der Waals surface area contributed by atoms with Gasteiger partial charge in [0.15, 0.2) is 6.29 Å². The number of aliphatic hydroxyl groups is 2. The number of ether oxygens (including phenoxy) is 3. The SMILES string of the molecule is Cc1cc2c(cc1CO)C(N(CC(C)C)C[C@@H](O)C(Cc1ccccc1)NC(=O)OC1CO[C@H]3OCCC13)C(=O)N2. The average Bonchev–Trinajstić information content (AvgIpc) is 3.63. The lowest BCUT2D eigenvalue weighted by Crippen LogP contribution is -2.52. The summed E-state index contributed by atoms with van der Waals surface area (Å²) in [5.41, 5.74) is 4.10. The predicted octanol–water partition coefficient (Wildman–Crippen LogP) is 2.90. The van der Waals surface area contributed by atoms with E-state index in [1.54, 1.807) is 0 Å². The minimum Gasteiger partial charge on any atom is -0.443 e. The molecule has 4 N–H and O–H groups in total. The van der Waals surface area contributed by atoms with Gasteiger partial charge in [-0.15, -0.1) is 0 Å². The molecule has 0 radical (unpaired) electrons. The van der Waals surface area contributed by atoms with Gasteiger partial charge in [0.2, 0.25) is 5.91 Å². The second kappa shape index (κ2) is 12.9. The maximum Gasteiger partial charge on any atom is 0.407 e. The lowest BCUT2D eigenvalue weighted by molar-refractivity contribution is -0.121. The van der Waals surface area contributed by atoms with Crippen molar-refractivity contribution in [3.63, 3.8) is 0 Å². The molecule has 222 valence electrons. The van der Waals surface area contributed by atoms with E-state index in [4.69, 9.17) is 14.2 Å². The van der Waals surface area contributed by atoms with Gasteiger partial charge in [0.25, 0.3) is 0 Å². The van der Waals surface area contributed by atoms with Crippen molar-refractivity contribution >= 4 is 17.7 Å². The van der Waals surface area contributed by atoms with Crippen LogP contribution in [0.3, 0.4) is 0 Å². The van der Waals surface area contributed by atoms with Crippen LogP contribution in [0.25, 0.3) is 0 Å². The number of hydrogen-bond acceptors (Lipinski definition) is 8. The second-order valence-electron chi connectivity index (χ2n) is 11.7. The number of nitrogens with one attached hydrogen (secondary N) is 2. The first-order valence-electron chi connectivity index (χ1n) is 14.4. The Kier molecular flexibility index (Phi) is 9.25. The van der Waals surface area contributed by atoms with E-state index in [-0.39, 0.29) is 43.8 Å². The van der Waals surface area contributed by atoms with E-state index in [0.29, 0.717) is 25.3 Å². The van der Waals surface area contributed by atoms with Crippen LogP contribution < -0.4 is 10.6 Å². The monoisotopic (exact) mass is 567 g/mol. The second-order valence-corrected chi connectivity index (χ2v) is 11.7. The summed E-state index contributed by atoms with van der Waals surface area (Å²) in [4.78, 5) is 28.3. The molecule has 0 aliphatic carbocycles. The van der Waals surface area contributed by atoms with Crippen LogP contribution >= 0.6 is 0 Å². The topological polar surface area (TPSA) is 130 Å². The van der Waals surface area contributed by atoms with Crippen LogP contribution in [0.15, 0.2) is 42.5 Å². The molecule has 3 aliphatic rings. The lowest BCUT2D eigenvalue weighted by Gasteiger charge is -2.34. The zero-order chi connectivity index (χ0) is 29.1. The highest BCUT2D eigenvalue weighted by Crippen LogP contribution is 2.38. The molecule has 5 rings (SSSR count). The largest absolute Gasteiger partial charge is 0.443 e. The number of fused-ring (bicyclic) bond motifs is 2. The minimum absolute atomic E-state index is 0.00757. The summed E-state index contributed by atoms with van der Waals surface area (Å²) in [5.74, 6) is 0.0355. The zero-order valence-electron chi connectivity index (χ0n) is 23.9. The van der Waals surface area contributed by atoms with Gasteiger partial charge in [0, 0.05) is 24.3 Å². The molecule has 4 unspecified atom stereocenters. The Balaban J connectivity index is 1.35. The van der Waals surface area contributed by atoms with Crippen LogP contribution in [-0.2, 0) is 32.0 Å². The molecule has 2 fully saturated rings. The quantitative estimate of drug-likeness (QED) is 0.326. The van der Waals surface area contributed by atoms with Crippen LogP contribution in [0.5, 0.6) is 0 Å². The van der Waals surface area contributed by atoms with Crippen molar-refractivity contribution < 1.29 is 34.0 Å². The zero-order valence-corrected chi connectivity index (χ0v) is 23.9. The number of rotatable bonds is 11. The van der Waals surface area contributed by atoms with E-state index >= 15 is 0 Å². The van der Waals surface area contributed by atoms with Gasteiger partial charge in [-0.05, 0) is 54.5 Å². The van der Waals surface area contributed by atoms with Crippen LogP contribution in [0.4, 0.5) is 10.5 Å². The van der Waals surface area contributed by atoms with Crippen molar-refractivity contribution in [3.05, 3.63) is 64.7 Å². The third kappa shape index (κ3) is 6.73. The molecule has 6 atom stereocenters. The highest BCUT2D eigenvalue weighted by molar-refractivity contribution is 6.02. The smallest absolute Gasteiger partial charge is 0.407 e. The van der Waals surface area contributed by atoms with E-state index in [2.05, 4.69) is 24.5 Å². The highest BCUT2D eigenvalue weighted by Gasteiger charge is 2.44. The molecule has 10 heteroatoms. The molecule has 10 nitrogen and oxygen atoms in total. The molecular weight excluding hydrogens is 526 g/mol. The highest BCUT2D eigenvalue weighted by atomic mass is 16.7. The first-order valence-corrected chi connectivity index (χ1v) is 14.4. The number of nitrogens with zero attached hydrogens (tertiary/aromatic N) is 1. The first-order chi connectivity index (χ1) is 19.7. The molecule has 2 aromatic carbocycles. The summed E-state index contributed by atoms with van der Waals surface area (Å²) in [5, 5.41) is 27.4. The van der Waals surface area contributed by atoms with E-state index in [0.717, 1.165) is 28.7 Å². The molecule has 3 aliphatic heterocycles. The number of anilines is 1. The normalized spacial score (nSPS) is 24.7. The number of aliphatic hydroxyl groups excluding tert-OH is 2. The summed E-state index contributed by atoms with van der Waals surface area (Å²) in [6.45, 7) is 7.43. The molecular formula is C31H41N3O7. The Bertz CT molecular complexity index is 1220. The van der Waals surface area contributed by atoms with Gasteiger partial charge in [-0.1, -0.05) is 44.2 Å². The summed E-state index contributed by atoms with van der Waals surface area (Å²) >= 11 is 0. The van der Waals surface area contributed by atoms with E-state index in [1.807, 2.05) is 54.3 Å². The van der Waals surface area contributed by atoms with Gasteiger partial charge in [-0.25, -0.2) is 4.79 Å². The molecule has 3 heterocycles. The summed E-state index contributed by atoms with van der Waals surface area (Å²) in [6.07, 6.45) is -1.22. The van der Waals surface area contributed by atoms with Crippen molar-refractivity contribution in [1.29, 1.82) is 0 Å². The number of amides is 2. The fourth-order valence-electron chi connectivity index (χ4n) is 6.13. The van der Waals surface area contributed by atoms with Gasteiger partial charge in [-0.3, -0.25) is 9.69 Å². The minimum atomic E-state index is -1.01. The molecule has 0 aromatic heterocycles. The van der Waals surface area contributed by atoms with Crippen LogP contribution in [0, 0.1) is 18.8 Å². The first kappa shape index (κ1) is 29.5. The van der Waals surface area contributed by atoms with Crippen molar-refractivity contribution in [2.24, 2.45) is 11.8 Å². The van der Waals surface area contributed by atoms with E-state index in [1.165, 1.54) is 0 Å². The standard InChI is InChI=1S/C31H41N3O7/c1-18(2)14-34(28-23-13-21(16-35)19(3)11-24(23)32-29(28)37)15-26(36)25(12-20-7-5-4-6-8-20)33-31(38)41-27-17-40-30-22(27)9-10-39-30/h4-8,11,13,18,22,25-28,30,35-36H,9-10,12,14-17H2,1-3H3,(H,32,37)(H,33,38)/t22?,25?,26-,27?,28?,30-/m1/s1. The molecule has 0 bridgehead atoms. The number of alkyl carbamates (subject to hydrolysis) is 1. The Labute approximate surface area is 241 Å². The Morgan fingerprint density at radius 1 is 1.20 bits per heavy atom. The Morgan fingerprint density at radius 2 is 1.98 bits per heavy atom. The summed E-state index contributed by atoms with van der Waals surface area (Å²) in [7, 11) is 0. The van der Waals surface area contributed by atoms with Gasteiger partial charge in [0.05, 0.1) is 37.9 Å². The van der Waals surface area contributed by atoms with Crippen LogP contribution in [0.2, 0.25) is 0 Å². The molecule has 0 saturated carbocycles. The third-order valence-corrected chi connectivity index (χ3v) is 8.18. The summed E-state index contributed by atoms with van der Waals surface area (Å²) < 4.78 is 16.9. The third-order valence-electron chi connectivity index (χ3n) is 8.18. The van der Waals surface area contributed by atoms with Crippen LogP contribution in [0.1, 0.15) is 48.6 Å². The number of carbonyl (C=O) groups is 2. The Hall–Kier alpha value is -3.02. The van der Waals surface area contributed by atoms with E-state index in [9.17, 15) is 19.8 Å². The summed E-state index contributed by atoms with van der Waals surface area (Å²) in [6, 6.07) is 12.1. The number of benzene rings is 2. The number of aryl methyl sites for hydroxylation is 1. The average molecular weight is 568 g/mol. The molecule has 2 aromatic rings. The maximum absolute atomic E-state index is 13.3. The molecule has 41 heavy (non-hydrogen) atoms. The predicted molar refractivity (Wildman–Crippen MR) is 152 cm³/mol. The molecule has 2 saturated heterocycles. The van der Waals surface area contributed by atoms with Gasteiger partial charge in [0.1, 0.15) is 12.1 Å². The number of carbonyl (C=O) groups excluding carboxylic acids is 2. The molecule has 0 spiro atoms. The fraction of sp³-hybridized carbons (Fsp3) is 0.548. The molecule has 2 amide bonds. The van der Waals surface area contributed by atoms with Crippen molar-refractivity contribution in [2.45, 2.75) is 70.8 Å². The van der Waals surface area contributed by atoms with Crippen LogP contribution in [-0.4, -0.2) is 78.0 Å². The van der Waals surface area contributed by atoms with Crippen molar-refractivity contribution in [1.82, 2.24) is 10.2 Å². The fourth-order valence-corrected chi connectivity index (χ4v) is 6.13. The van der Waals surface area contributed by atoms with Crippen molar-refractivity contribution in [2.75, 3.05) is 31.6 Å². The number of hydrogen-bond donors (Lipinski definition) is 4. The van der Waals surface area contributed by atoms with Gasteiger partial charge >= 0.3 is 6.09 Å². The van der Waals surface area contributed by atoms with Gasteiger partial charge < -0.3 is 35.1 Å².